The third-order valence-electron chi connectivity index (χ3n) is 5.22. The molecule has 1 unspecified atom stereocenters. The molecule has 2 aromatic carbocycles. The van der Waals surface area contributed by atoms with Gasteiger partial charge in [-0.3, -0.25) is 4.79 Å². The smallest absolute Gasteiger partial charge is 0.407 e. The van der Waals surface area contributed by atoms with Gasteiger partial charge in [-0.05, 0) is 36.1 Å². The fraction of sp³-hybridized carbons (Fsp3) is 0.417. The van der Waals surface area contributed by atoms with Crippen LogP contribution >= 0.6 is 0 Å². The number of nitrogens with one attached hydrogen (secondary N) is 1. The van der Waals surface area contributed by atoms with Crippen LogP contribution < -0.4 is 10.2 Å². The fourth-order valence-corrected chi connectivity index (χ4v) is 3.44. The first kappa shape index (κ1) is 22.6. The van der Waals surface area contributed by atoms with Gasteiger partial charge in [0.1, 0.15) is 13.2 Å². The predicted octanol–water partition coefficient (Wildman–Crippen LogP) is 3.19. The first-order chi connectivity index (χ1) is 15.0. The molecule has 1 aliphatic rings. The molecule has 1 fully saturated rings. The maximum atomic E-state index is 12.9. The highest BCUT2D eigenvalue weighted by molar-refractivity contribution is 5.82. The Bertz CT molecular complexity index is 834. The first-order valence-electron chi connectivity index (χ1n) is 10.6. The van der Waals surface area contributed by atoms with Crippen LogP contribution in [0.3, 0.4) is 0 Å². The van der Waals surface area contributed by atoms with E-state index in [1.54, 1.807) is 4.90 Å². The lowest BCUT2D eigenvalue weighted by Crippen LogP contribution is -2.43. The van der Waals surface area contributed by atoms with Crippen LogP contribution in [0.5, 0.6) is 0 Å². The van der Waals surface area contributed by atoms with Crippen molar-refractivity contribution in [2.24, 2.45) is 0 Å². The quantitative estimate of drug-likeness (QED) is 0.668. The SMILES string of the molecule is CN(C)c1ccc(CN(CC2CCCO2)C(=O)CNC(=O)OCc2ccccc2)cc1. The topological polar surface area (TPSA) is 71.1 Å². The molecule has 1 heterocycles. The van der Waals surface area contributed by atoms with Gasteiger partial charge in [-0.2, -0.15) is 0 Å². The molecule has 1 aliphatic heterocycles. The van der Waals surface area contributed by atoms with Gasteiger partial charge in [0.2, 0.25) is 5.91 Å². The van der Waals surface area contributed by atoms with E-state index in [2.05, 4.69) is 5.32 Å². The van der Waals surface area contributed by atoms with Crippen molar-refractivity contribution in [3.63, 3.8) is 0 Å². The number of carbonyl (C=O) groups excluding carboxylic acids is 2. The summed E-state index contributed by atoms with van der Waals surface area (Å²) in [6, 6.07) is 17.5. The van der Waals surface area contributed by atoms with Crippen LogP contribution in [0.4, 0.5) is 10.5 Å². The highest BCUT2D eigenvalue weighted by atomic mass is 16.5. The Hall–Kier alpha value is -3.06. The molecule has 1 atom stereocenters. The Kier molecular flexibility index (Phi) is 8.29. The van der Waals surface area contributed by atoms with Gasteiger partial charge in [-0.1, -0.05) is 42.5 Å². The van der Waals surface area contributed by atoms with Gasteiger partial charge in [0.25, 0.3) is 0 Å². The first-order valence-corrected chi connectivity index (χ1v) is 10.6. The van der Waals surface area contributed by atoms with Crippen molar-refractivity contribution in [2.75, 3.05) is 38.7 Å². The maximum absolute atomic E-state index is 12.9. The second kappa shape index (κ2) is 11.4. The molecule has 166 valence electrons. The normalized spacial score (nSPS) is 15.4. The van der Waals surface area contributed by atoms with Gasteiger partial charge < -0.3 is 24.6 Å². The van der Waals surface area contributed by atoms with E-state index in [1.807, 2.05) is 73.6 Å². The minimum absolute atomic E-state index is 0.0371. The summed E-state index contributed by atoms with van der Waals surface area (Å²) in [5.74, 6) is -0.163. The van der Waals surface area contributed by atoms with Crippen LogP contribution in [0, 0.1) is 0 Å². The van der Waals surface area contributed by atoms with Crippen LogP contribution in [-0.4, -0.2) is 56.8 Å². The molecule has 2 amide bonds. The molecule has 1 saturated heterocycles. The summed E-state index contributed by atoms with van der Waals surface area (Å²) in [6.45, 7) is 1.76. The van der Waals surface area contributed by atoms with E-state index in [9.17, 15) is 9.59 Å². The minimum atomic E-state index is -0.607. The molecule has 0 spiro atoms. The number of amides is 2. The van der Waals surface area contributed by atoms with Crippen LogP contribution in [0.1, 0.15) is 24.0 Å². The van der Waals surface area contributed by atoms with E-state index in [0.717, 1.165) is 36.3 Å². The van der Waals surface area contributed by atoms with E-state index < -0.39 is 6.09 Å². The van der Waals surface area contributed by atoms with Gasteiger partial charge in [0.15, 0.2) is 0 Å². The Morgan fingerprint density at radius 3 is 2.45 bits per heavy atom. The summed E-state index contributed by atoms with van der Waals surface area (Å²) in [6.07, 6.45) is 1.38. The number of hydrogen-bond donors (Lipinski definition) is 1. The average Bonchev–Trinajstić information content (AvgIpc) is 3.30. The molecule has 7 heteroatoms. The molecule has 0 bridgehead atoms. The van der Waals surface area contributed by atoms with Crippen molar-refractivity contribution >= 4 is 17.7 Å². The molecule has 0 aromatic heterocycles. The van der Waals surface area contributed by atoms with E-state index in [1.165, 1.54) is 0 Å². The number of anilines is 1. The standard InChI is InChI=1S/C24H31N3O4/c1-26(2)21-12-10-19(11-13-21)16-27(17-22-9-6-14-30-22)23(28)15-25-24(29)31-18-20-7-4-3-5-8-20/h3-5,7-8,10-13,22H,6,9,14-18H2,1-2H3,(H,25,29). The summed E-state index contributed by atoms with van der Waals surface area (Å²) in [4.78, 5) is 28.7. The van der Waals surface area contributed by atoms with E-state index in [0.29, 0.717) is 13.1 Å². The molecule has 1 N–H and O–H groups in total. The van der Waals surface area contributed by atoms with Crippen LogP contribution in [-0.2, 0) is 27.4 Å². The summed E-state index contributed by atoms with van der Waals surface area (Å²) in [7, 11) is 3.98. The summed E-state index contributed by atoms with van der Waals surface area (Å²) in [5, 5.41) is 2.57. The number of alkyl carbamates (subject to hydrolysis) is 1. The van der Waals surface area contributed by atoms with Crippen molar-refractivity contribution in [3.8, 4) is 0 Å². The largest absolute Gasteiger partial charge is 0.445 e. The Morgan fingerprint density at radius 2 is 1.81 bits per heavy atom. The number of carbonyl (C=O) groups is 2. The lowest BCUT2D eigenvalue weighted by Gasteiger charge is -2.26. The summed E-state index contributed by atoms with van der Waals surface area (Å²) < 4.78 is 10.9. The zero-order valence-electron chi connectivity index (χ0n) is 18.3. The number of benzene rings is 2. The molecular formula is C24H31N3O4. The Labute approximate surface area is 183 Å². The van der Waals surface area contributed by atoms with Crippen molar-refractivity contribution in [3.05, 3.63) is 65.7 Å². The molecule has 0 aliphatic carbocycles. The van der Waals surface area contributed by atoms with Gasteiger partial charge in [-0.15, -0.1) is 0 Å². The van der Waals surface area contributed by atoms with Gasteiger partial charge in [0, 0.05) is 39.5 Å². The molecule has 3 rings (SSSR count). The third kappa shape index (κ3) is 7.29. The third-order valence-corrected chi connectivity index (χ3v) is 5.22. The number of ether oxygens (including phenoxy) is 2. The second-order valence-corrected chi connectivity index (χ2v) is 7.89. The molecule has 31 heavy (non-hydrogen) atoms. The van der Waals surface area contributed by atoms with Gasteiger partial charge >= 0.3 is 6.09 Å². The molecular weight excluding hydrogens is 394 g/mol. The highest BCUT2D eigenvalue weighted by Gasteiger charge is 2.23. The maximum Gasteiger partial charge on any atom is 0.407 e. The molecule has 2 aromatic rings. The molecule has 0 saturated carbocycles. The van der Waals surface area contributed by atoms with Crippen molar-refractivity contribution in [2.45, 2.75) is 32.1 Å². The zero-order chi connectivity index (χ0) is 22.1. The average molecular weight is 426 g/mol. The summed E-state index contributed by atoms with van der Waals surface area (Å²) >= 11 is 0. The fourth-order valence-electron chi connectivity index (χ4n) is 3.44. The van der Waals surface area contributed by atoms with Crippen molar-refractivity contribution in [1.82, 2.24) is 10.2 Å². The lowest BCUT2D eigenvalue weighted by atomic mass is 10.1. The predicted molar refractivity (Wildman–Crippen MR) is 120 cm³/mol. The monoisotopic (exact) mass is 425 g/mol. The molecule has 7 nitrogen and oxygen atoms in total. The van der Waals surface area contributed by atoms with E-state index >= 15 is 0 Å². The van der Waals surface area contributed by atoms with Crippen molar-refractivity contribution in [1.29, 1.82) is 0 Å². The summed E-state index contributed by atoms with van der Waals surface area (Å²) in [5.41, 5.74) is 3.03. The minimum Gasteiger partial charge on any atom is -0.445 e. The van der Waals surface area contributed by atoms with Crippen LogP contribution in [0.25, 0.3) is 0 Å². The Balaban J connectivity index is 1.54. The highest BCUT2D eigenvalue weighted by Crippen LogP contribution is 2.17. The lowest BCUT2D eigenvalue weighted by molar-refractivity contribution is -0.132. The van der Waals surface area contributed by atoms with Gasteiger partial charge in [-0.25, -0.2) is 4.79 Å². The van der Waals surface area contributed by atoms with Crippen molar-refractivity contribution < 1.29 is 19.1 Å². The van der Waals surface area contributed by atoms with Gasteiger partial charge in [0.05, 0.1) is 6.10 Å². The number of nitrogens with zero attached hydrogens (tertiary/aromatic N) is 2. The number of hydrogen-bond acceptors (Lipinski definition) is 5. The van der Waals surface area contributed by atoms with Crippen LogP contribution in [0.15, 0.2) is 54.6 Å². The zero-order valence-corrected chi connectivity index (χ0v) is 18.3. The Morgan fingerprint density at radius 1 is 1.06 bits per heavy atom. The van der Waals surface area contributed by atoms with E-state index in [4.69, 9.17) is 9.47 Å². The van der Waals surface area contributed by atoms with E-state index in [-0.39, 0.29) is 25.2 Å². The number of rotatable bonds is 9. The second-order valence-electron chi connectivity index (χ2n) is 7.89. The van der Waals surface area contributed by atoms with Crippen LogP contribution in [0.2, 0.25) is 0 Å². The molecule has 0 radical (unpaired) electrons.